The summed E-state index contributed by atoms with van der Waals surface area (Å²) in [7, 11) is -4.45. The number of carbonyl (C=O) groups excluding carboxylic acids is 1. The lowest BCUT2D eigenvalue weighted by atomic mass is 10.00. The van der Waals surface area contributed by atoms with Crippen molar-refractivity contribution in [1.29, 1.82) is 0 Å². The minimum absolute atomic E-state index is 0.0732. The third-order valence-corrected chi connectivity index (χ3v) is 8.46. The summed E-state index contributed by atoms with van der Waals surface area (Å²) in [5, 5.41) is 11.4. The topological polar surface area (TPSA) is 153 Å². The van der Waals surface area contributed by atoms with Gasteiger partial charge in [0.25, 0.3) is 5.69 Å². The van der Waals surface area contributed by atoms with Crippen LogP contribution in [0.25, 0.3) is 0 Å². The molecule has 218 valence electrons. The van der Waals surface area contributed by atoms with E-state index in [-0.39, 0.29) is 44.6 Å². The number of anilines is 1. The van der Waals surface area contributed by atoms with Crippen LogP contribution >= 0.6 is 0 Å². The maximum Gasteiger partial charge on any atom is 0.438 e. The third-order valence-electron chi connectivity index (χ3n) is 6.51. The van der Waals surface area contributed by atoms with Crippen LogP contribution in [0.15, 0.2) is 69.0 Å². The quantitative estimate of drug-likeness (QED) is 0.317. The molecular weight excluding hydrogens is 573 g/mol. The summed E-state index contributed by atoms with van der Waals surface area (Å²) < 4.78 is 75.7. The van der Waals surface area contributed by atoms with Gasteiger partial charge in [-0.15, -0.1) is 0 Å². The van der Waals surface area contributed by atoms with E-state index < -0.39 is 49.1 Å². The van der Waals surface area contributed by atoms with Crippen molar-refractivity contribution in [3.63, 3.8) is 0 Å². The lowest BCUT2D eigenvalue weighted by Gasteiger charge is -2.40. The van der Waals surface area contributed by atoms with Gasteiger partial charge in [-0.2, -0.15) is 22.5 Å². The normalized spacial score (nSPS) is 16.3. The molecule has 1 amide bonds. The average molecular weight is 597 g/mol. The van der Waals surface area contributed by atoms with Gasteiger partial charge in [0.2, 0.25) is 10.0 Å². The number of cyclic esters (lactones) is 1. The number of nitro benzene ring substituents is 1. The van der Waals surface area contributed by atoms with Crippen molar-refractivity contribution >= 4 is 27.5 Å². The predicted molar refractivity (Wildman–Crippen MR) is 136 cm³/mol. The molecule has 0 spiro atoms. The van der Waals surface area contributed by atoms with Crippen LogP contribution in [0.1, 0.15) is 29.5 Å². The number of alkyl halides is 3. The smallest absolute Gasteiger partial charge is 0.438 e. The Hall–Kier alpha value is -4.31. The first kappa shape index (κ1) is 29.7. The Morgan fingerprint density at radius 1 is 1.10 bits per heavy atom. The van der Waals surface area contributed by atoms with Crippen molar-refractivity contribution in [3.8, 4) is 0 Å². The number of rotatable bonds is 4. The Morgan fingerprint density at radius 3 is 2.37 bits per heavy atom. The molecule has 0 bridgehead atoms. The highest BCUT2D eigenvalue weighted by atomic mass is 32.2. The fourth-order valence-corrected chi connectivity index (χ4v) is 6.22. The van der Waals surface area contributed by atoms with Crippen LogP contribution in [0.3, 0.4) is 0 Å². The summed E-state index contributed by atoms with van der Waals surface area (Å²) in [6.45, 7) is 1.84. The number of ether oxygens (including phenoxy) is 1. The number of fused-ring (bicyclic) bond motifs is 1. The van der Waals surface area contributed by atoms with Crippen LogP contribution in [-0.2, 0) is 27.5 Å². The number of sulfonamides is 1. The largest absolute Gasteiger partial charge is 0.444 e. The van der Waals surface area contributed by atoms with Gasteiger partial charge < -0.3 is 9.15 Å². The van der Waals surface area contributed by atoms with E-state index in [0.717, 1.165) is 21.1 Å². The number of piperidine rings is 1. The van der Waals surface area contributed by atoms with E-state index in [2.05, 4.69) is 9.40 Å². The number of carbonyl (C=O) groups is 1. The van der Waals surface area contributed by atoms with Crippen molar-refractivity contribution in [1.82, 2.24) is 9.29 Å². The van der Waals surface area contributed by atoms with E-state index in [1.807, 2.05) is 25.1 Å². The molecule has 1 saturated heterocycles. The molecule has 12 nitrogen and oxygen atoms in total. The number of aromatic nitrogens is 1. The second kappa shape index (κ2) is 11.7. The molecule has 16 heteroatoms. The zero-order valence-electron chi connectivity index (χ0n) is 21.4. The molecule has 41 heavy (non-hydrogen) atoms. The van der Waals surface area contributed by atoms with E-state index in [0.29, 0.717) is 12.1 Å². The highest BCUT2D eigenvalue weighted by Gasteiger charge is 2.41. The first-order valence-electron chi connectivity index (χ1n) is 12.1. The zero-order valence-corrected chi connectivity index (χ0v) is 22.2. The number of amides is 1. The minimum Gasteiger partial charge on any atom is -0.444 e. The number of nitro groups is 1. The van der Waals surface area contributed by atoms with E-state index in [9.17, 15) is 41.3 Å². The molecule has 2 aliphatic heterocycles. The Bertz CT molecular complexity index is 1600. The fraction of sp³-hybridized carbons (Fsp3) is 0.320. The van der Waals surface area contributed by atoms with Crippen molar-refractivity contribution in [2.75, 3.05) is 18.0 Å². The van der Waals surface area contributed by atoms with Crippen LogP contribution in [0.5, 0.6) is 0 Å². The number of para-hydroxylation sites is 1. The number of hydrogen-bond donors (Lipinski definition) is 0. The molecule has 3 aromatic rings. The summed E-state index contributed by atoms with van der Waals surface area (Å²) in [6.07, 6.45) is -2.29. The summed E-state index contributed by atoms with van der Waals surface area (Å²) in [6, 6.07) is 8.06. The highest BCUT2D eigenvalue weighted by Crippen LogP contribution is 2.38. The molecule has 5 rings (SSSR count). The molecule has 0 N–H and O–H groups in total. The molecule has 0 radical (unpaired) electrons. The van der Waals surface area contributed by atoms with Gasteiger partial charge in [-0.25, -0.2) is 18.0 Å². The Labute approximate surface area is 231 Å². The van der Waals surface area contributed by atoms with Gasteiger partial charge in [0.15, 0.2) is 4.90 Å². The monoisotopic (exact) mass is 596 g/mol. The van der Waals surface area contributed by atoms with E-state index in [1.54, 1.807) is 6.07 Å². The summed E-state index contributed by atoms with van der Waals surface area (Å²) >= 11 is 0. The van der Waals surface area contributed by atoms with Crippen LogP contribution in [-0.4, -0.2) is 47.9 Å². The van der Waals surface area contributed by atoms with E-state index in [4.69, 9.17) is 4.74 Å². The molecule has 0 unspecified atom stereocenters. The molecule has 0 atom stereocenters. The molecule has 1 aromatic heterocycles. The van der Waals surface area contributed by atoms with Gasteiger partial charge in [-0.3, -0.25) is 15.0 Å². The zero-order chi connectivity index (χ0) is 29.9. The number of hydrogen-bond acceptors (Lipinski definition) is 9. The molecule has 1 fully saturated rings. The predicted octanol–water partition coefficient (Wildman–Crippen LogP) is 4.27. The van der Waals surface area contributed by atoms with Crippen LogP contribution in [0.4, 0.5) is 29.3 Å². The fourth-order valence-electron chi connectivity index (χ4n) is 4.61. The first-order valence-corrected chi connectivity index (χ1v) is 13.5. The Morgan fingerprint density at radius 2 is 1.80 bits per heavy atom. The van der Waals surface area contributed by atoms with Gasteiger partial charge in [-0.1, -0.05) is 18.2 Å². The van der Waals surface area contributed by atoms with E-state index in [1.165, 1.54) is 17.4 Å². The number of nitrogens with zero attached hydrogens (tertiary/aromatic N) is 4. The lowest BCUT2D eigenvalue weighted by Crippen LogP contribution is -2.50. The van der Waals surface area contributed by atoms with Crippen molar-refractivity contribution in [2.45, 2.75) is 43.5 Å². The third kappa shape index (κ3) is 6.38. The number of benzene rings is 2. The highest BCUT2D eigenvalue weighted by molar-refractivity contribution is 7.89. The van der Waals surface area contributed by atoms with Gasteiger partial charge >= 0.3 is 18.0 Å². The van der Waals surface area contributed by atoms with Crippen LogP contribution in [0.2, 0.25) is 0 Å². The van der Waals surface area contributed by atoms with Crippen LogP contribution in [0, 0.1) is 17.0 Å². The minimum atomic E-state index is -4.86. The summed E-state index contributed by atoms with van der Waals surface area (Å²) in [5.41, 5.74) is -0.0336. The maximum absolute atomic E-state index is 13.1. The molecule has 0 aliphatic carbocycles. The maximum atomic E-state index is 13.1. The van der Waals surface area contributed by atoms with Crippen molar-refractivity contribution in [2.24, 2.45) is 0 Å². The molecule has 2 aromatic carbocycles. The summed E-state index contributed by atoms with van der Waals surface area (Å²) in [4.78, 5) is 36.7. The second-order valence-corrected chi connectivity index (χ2v) is 11.0. The van der Waals surface area contributed by atoms with Gasteiger partial charge in [0, 0.05) is 37.0 Å². The van der Waals surface area contributed by atoms with Crippen molar-refractivity contribution in [3.05, 3.63) is 92.3 Å². The van der Waals surface area contributed by atoms with Gasteiger partial charge in [0.05, 0.1) is 22.4 Å². The molecule has 0 saturated carbocycles. The Kier molecular flexibility index (Phi) is 8.44. The van der Waals surface area contributed by atoms with E-state index >= 15 is 0 Å². The standard InChI is InChI=1S/C21H20F3N3O6S.C4H3NO2/c1-13-3-2-4-14-12-33-20(28)26(19(13)14)16-7-9-25(10-8-16)34(31,32)18-6-5-15(21(22,23)24)11-17(18)27(29)30;6-4-5-2-1-3-7-4/h2-6,11,16H,7-10,12H2,1H3;1-3H. The summed E-state index contributed by atoms with van der Waals surface area (Å²) in [5.74, 6) is -0.553. The second-order valence-electron chi connectivity index (χ2n) is 9.07. The molecule has 3 heterocycles. The van der Waals surface area contributed by atoms with Crippen molar-refractivity contribution < 1.29 is 40.5 Å². The Balaban J connectivity index is 0.000000483. The molecular formula is C25H23F3N4O8S. The number of halogens is 3. The molecule has 2 aliphatic rings. The van der Waals surface area contributed by atoms with Gasteiger partial charge in [-0.05, 0) is 43.5 Å². The van der Waals surface area contributed by atoms with Crippen LogP contribution < -0.4 is 10.7 Å². The average Bonchev–Trinajstić information content (AvgIpc) is 2.93. The lowest BCUT2D eigenvalue weighted by molar-refractivity contribution is -0.388. The number of aryl methyl sites for hydroxylation is 1. The SMILES string of the molecule is Cc1cccc2c1N(C1CCN(S(=O)(=O)c3ccc(C(F)(F)F)cc3[N+](=O)[O-])CC1)C(=O)OC2.O=c1nccco1. The first-order chi connectivity index (χ1) is 19.3. The van der Waals surface area contributed by atoms with Gasteiger partial charge in [0.1, 0.15) is 6.61 Å².